The number of carbonyl (C=O) groups excluding carboxylic acids is 2. The Balaban J connectivity index is 1.90. The minimum Gasteiger partial charge on any atom is -0.478 e. The lowest BCUT2D eigenvalue weighted by atomic mass is 10.1. The average Bonchev–Trinajstić information content (AvgIpc) is 2.60. The van der Waals surface area contributed by atoms with Crippen molar-refractivity contribution in [2.24, 2.45) is 0 Å². The number of benzene rings is 1. The van der Waals surface area contributed by atoms with Crippen LogP contribution in [-0.4, -0.2) is 31.0 Å². The number of unbranched alkanes of at least 4 members (excludes halogenated alkanes) is 4. The Morgan fingerprint density at radius 3 is 2.67 bits per heavy atom. The van der Waals surface area contributed by atoms with Gasteiger partial charge in [-0.3, -0.25) is 14.5 Å². The summed E-state index contributed by atoms with van der Waals surface area (Å²) in [6.07, 6.45) is 5.85. The number of nitrogens with one attached hydrogen (secondary N) is 1. The highest BCUT2D eigenvalue weighted by Crippen LogP contribution is 2.34. The molecule has 132 valence electrons. The number of anilines is 1. The van der Waals surface area contributed by atoms with Crippen molar-refractivity contribution in [1.82, 2.24) is 5.32 Å². The summed E-state index contributed by atoms with van der Waals surface area (Å²) in [4.78, 5) is 26.3. The van der Waals surface area contributed by atoms with Crippen LogP contribution >= 0.6 is 0 Å². The molecule has 1 atom stereocenters. The molecule has 0 radical (unpaired) electrons. The van der Waals surface area contributed by atoms with Gasteiger partial charge >= 0.3 is 0 Å². The quantitative estimate of drug-likeness (QED) is 0.706. The molecule has 5 heteroatoms. The molecule has 1 aliphatic heterocycles. The molecule has 0 bridgehead atoms. The largest absolute Gasteiger partial charge is 0.478 e. The first kappa shape index (κ1) is 18.3. The number of fused-ring (bicyclic) bond motifs is 1. The average molecular weight is 332 g/mol. The molecule has 2 rings (SSSR count). The van der Waals surface area contributed by atoms with Crippen molar-refractivity contribution in [1.29, 1.82) is 0 Å². The molecule has 2 amide bonds. The zero-order valence-electron chi connectivity index (χ0n) is 14.7. The molecule has 1 aliphatic rings. The van der Waals surface area contributed by atoms with Crippen molar-refractivity contribution in [3.63, 3.8) is 0 Å². The summed E-state index contributed by atoms with van der Waals surface area (Å²) in [6.45, 7) is 4.80. The van der Waals surface area contributed by atoms with E-state index in [0.717, 1.165) is 12.8 Å². The highest BCUT2D eigenvalue weighted by atomic mass is 16.5. The summed E-state index contributed by atoms with van der Waals surface area (Å²) in [7, 11) is 0. The molecule has 1 heterocycles. The zero-order valence-corrected chi connectivity index (χ0v) is 14.7. The van der Waals surface area contributed by atoms with Gasteiger partial charge < -0.3 is 10.1 Å². The number of nitrogens with zero attached hydrogens (tertiary/aromatic N) is 1. The van der Waals surface area contributed by atoms with Gasteiger partial charge in [0.25, 0.3) is 5.91 Å². The third-order valence-electron chi connectivity index (χ3n) is 4.24. The van der Waals surface area contributed by atoms with Crippen molar-refractivity contribution < 1.29 is 14.3 Å². The second kappa shape index (κ2) is 9.30. The van der Waals surface area contributed by atoms with E-state index in [2.05, 4.69) is 12.2 Å². The highest BCUT2D eigenvalue weighted by molar-refractivity contribution is 6.03. The van der Waals surface area contributed by atoms with Crippen LogP contribution in [0.15, 0.2) is 24.3 Å². The van der Waals surface area contributed by atoms with Gasteiger partial charge in [0.05, 0.1) is 5.69 Å². The van der Waals surface area contributed by atoms with E-state index in [1.165, 1.54) is 19.3 Å². The lowest BCUT2D eigenvalue weighted by Crippen LogP contribution is -2.49. The molecule has 0 aliphatic carbocycles. The van der Waals surface area contributed by atoms with Gasteiger partial charge in [-0.05, 0) is 25.0 Å². The van der Waals surface area contributed by atoms with Crippen LogP contribution in [0.2, 0.25) is 0 Å². The van der Waals surface area contributed by atoms with Crippen LogP contribution in [0.25, 0.3) is 0 Å². The highest BCUT2D eigenvalue weighted by Gasteiger charge is 2.33. The van der Waals surface area contributed by atoms with E-state index in [0.29, 0.717) is 24.4 Å². The van der Waals surface area contributed by atoms with E-state index in [1.54, 1.807) is 4.90 Å². The lowest BCUT2D eigenvalue weighted by molar-refractivity contribution is -0.129. The standard InChI is InChI=1S/C19H28N2O3/c1-3-5-6-7-10-13-20-18(22)14-21-15-11-8-9-12-17(15)24-16(4-2)19(21)23/h8-9,11-12,16H,3-7,10,13-14H2,1-2H3,(H,20,22)/t16-/m1/s1. The zero-order chi connectivity index (χ0) is 17.4. The summed E-state index contributed by atoms with van der Waals surface area (Å²) < 4.78 is 5.72. The molecule has 0 spiro atoms. The molecule has 1 aromatic rings. The lowest BCUT2D eigenvalue weighted by Gasteiger charge is -2.33. The number of amides is 2. The van der Waals surface area contributed by atoms with Gasteiger partial charge in [-0.1, -0.05) is 51.7 Å². The number of rotatable bonds is 9. The Labute approximate surface area is 144 Å². The third kappa shape index (κ3) is 4.73. The number of ether oxygens (including phenoxy) is 1. The molecule has 24 heavy (non-hydrogen) atoms. The van der Waals surface area contributed by atoms with Crippen molar-refractivity contribution >= 4 is 17.5 Å². The molecule has 0 saturated heterocycles. The molecule has 1 N–H and O–H groups in total. The molecule has 0 aromatic heterocycles. The van der Waals surface area contributed by atoms with Gasteiger partial charge in [-0.2, -0.15) is 0 Å². The fourth-order valence-corrected chi connectivity index (χ4v) is 2.85. The minimum atomic E-state index is -0.512. The fourth-order valence-electron chi connectivity index (χ4n) is 2.85. The van der Waals surface area contributed by atoms with Gasteiger partial charge in [0, 0.05) is 6.54 Å². The predicted octanol–water partition coefficient (Wildman–Crippen LogP) is 3.28. The van der Waals surface area contributed by atoms with Crippen LogP contribution in [0.4, 0.5) is 5.69 Å². The van der Waals surface area contributed by atoms with Crippen molar-refractivity contribution in [2.75, 3.05) is 18.0 Å². The van der Waals surface area contributed by atoms with Crippen molar-refractivity contribution in [2.45, 2.75) is 58.5 Å². The van der Waals surface area contributed by atoms with Crippen molar-refractivity contribution in [3.8, 4) is 5.75 Å². The molecular weight excluding hydrogens is 304 g/mol. The van der Waals surface area contributed by atoms with Crippen LogP contribution in [-0.2, 0) is 9.59 Å². The van der Waals surface area contributed by atoms with Crippen LogP contribution < -0.4 is 15.0 Å². The van der Waals surface area contributed by atoms with E-state index in [4.69, 9.17) is 4.74 Å². The van der Waals surface area contributed by atoms with E-state index in [-0.39, 0.29) is 18.4 Å². The van der Waals surface area contributed by atoms with Crippen molar-refractivity contribution in [3.05, 3.63) is 24.3 Å². The first-order valence-corrected chi connectivity index (χ1v) is 9.01. The maximum absolute atomic E-state index is 12.5. The Bertz CT molecular complexity index is 559. The summed E-state index contributed by atoms with van der Waals surface area (Å²) in [6, 6.07) is 7.37. The van der Waals surface area contributed by atoms with E-state index in [9.17, 15) is 9.59 Å². The Kier molecular flexibility index (Phi) is 7.09. The SMILES string of the molecule is CCCCCCCNC(=O)CN1C(=O)[C@@H](CC)Oc2ccccc21. The fraction of sp³-hybridized carbons (Fsp3) is 0.579. The maximum atomic E-state index is 12.5. The second-order valence-corrected chi connectivity index (χ2v) is 6.17. The van der Waals surface area contributed by atoms with Gasteiger partial charge in [0.2, 0.25) is 5.91 Å². The first-order chi connectivity index (χ1) is 11.7. The van der Waals surface area contributed by atoms with E-state index >= 15 is 0 Å². The third-order valence-corrected chi connectivity index (χ3v) is 4.24. The first-order valence-electron chi connectivity index (χ1n) is 9.01. The van der Waals surface area contributed by atoms with E-state index < -0.39 is 6.10 Å². The van der Waals surface area contributed by atoms with E-state index in [1.807, 2.05) is 31.2 Å². The van der Waals surface area contributed by atoms with Crippen LogP contribution in [0.5, 0.6) is 5.75 Å². The monoisotopic (exact) mass is 332 g/mol. The molecule has 5 nitrogen and oxygen atoms in total. The number of carbonyl (C=O) groups is 2. The number of para-hydroxylation sites is 2. The Morgan fingerprint density at radius 1 is 1.17 bits per heavy atom. The summed E-state index contributed by atoms with van der Waals surface area (Å²) in [5.41, 5.74) is 0.672. The summed E-state index contributed by atoms with van der Waals surface area (Å²) in [5, 5.41) is 2.92. The van der Waals surface area contributed by atoms with Gasteiger partial charge in [0.1, 0.15) is 12.3 Å². The Hall–Kier alpha value is -2.04. The number of hydrogen-bond donors (Lipinski definition) is 1. The molecule has 0 saturated carbocycles. The van der Waals surface area contributed by atoms with Crippen LogP contribution in [0.1, 0.15) is 52.4 Å². The Morgan fingerprint density at radius 2 is 1.92 bits per heavy atom. The van der Waals surface area contributed by atoms with Gasteiger partial charge in [-0.25, -0.2) is 0 Å². The topological polar surface area (TPSA) is 58.6 Å². The van der Waals surface area contributed by atoms with Crippen LogP contribution in [0, 0.1) is 0 Å². The number of hydrogen-bond acceptors (Lipinski definition) is 3. The molecule has 1 aromatic carbocycles. The summed E-state index contributed by atoms with van der Waals surface area (Å²) in [5.74, 6) is 0.399. The second-order valence-electron chi connectivity index (χ2n) is 6.17. The normalized spacial score (nSPS) is 16.5. The van der Waals surface area contributed by atoms with Gasteiger partial charge in [0.15, 0.2) is 6.10 Å². The maximum Gasteiger partial charge on any atom is 0.268 e. The molecule has 0 unspecified atom stereocenters. The molecular formula is C19H28N2O3. The summed E-state index contributed by atoms with van der Waals surface area (Å²) >= 11 is 0. The predicted molar refractivity (Wildman–Crippen MR) is 95.3 cm³/mol. The minimum absolute atomic E-state index is 0.0463. The molecule has 0 fully saturated rings. The van der Waals surface area contributed by atoms with Crippen LogP contribution in [0.3, 0.4) is 0 Å². The van der Waals surface area contributed by atoms with Gasteiger partial charge in [-0.15, -0.1) is 0 Å². The smallest absolute Gasteiger partial charge is 0.268 e.